The Morgan fingerprint density at radius 2 is 2.18 bits per heavy atom. The Morgan fingerprint density at radius 1 is 1.55 bits per heavy atom. The molecule has 0 amide bonds. The summed E-state index contributed by atoms with van der Waals surface area (Å²) in [4.78, 5) is 10.2. The van der Waals surface area contributed by atoms with Gasteiger partial charge in [0, 0.05) is 10.7 Å². The van der Waals surface area contributed by atoms with E-state index in [1.165, 1.54) is 11.4 Å². The predicted molar refractivity (Wildman–Crippen MR) is 42.7 cm³/mol. The van der Waals surface area contributed by atoms with E-state index in [1.807, 2.05) is 0 Å². The van der Waals surface area contributed by atoms with Gasteiger partial charge in [0.2, 0.25) is 0 Å². The molecule has 6 heteroatoms. The molecule has 0 aliphatic carbocycles. The number of thiophene rings is 1. The first kappa shape index (κ1) is 8.70. The van der Waals surface area contributed by atoms with Gasteiger partial charge in [-0.1, -0.05) is 0 Å². The van der Waals surface area contributed by atoms with E-state index in [0.29, 0.717) is 6.29 Å². The molecule has 0 radical (unpaired) electrons. The lowest BCUT2D eigenvalue weighted by Crippen LogP contribution is -1.91. The van der Waals surface area contributed by atoms with Crippen molar-refractivity contribution in [3.8, 4) is 0 Å². The van der Waals surface area contributed by atoms with Gasteiger partial charge in [-0.2, -0.15) is 0 Å². The summed E-state index contributed by atoms with van der Waals surface area (Å²) in [5.41, 5.74) is 0. The monoisotopic (exact) mass is 210 g/mol. The van der Waals surface area contributed by atoms with Gasteiger partial charge in [0.15, 0.2) is 6.29 Å². The van der Waals surface area contributed by atoms with Crippen LogP contribution in [0.25, 0.3) is 0 Å². The van der Waals surface area contributed by atoms with Gasteiger partial charge in [-0.15, -0.1) is 11.3 Å². The third-order valence-electron chi connectivity index (χ3n) is 1.03. The molecule has 0 aromatic carbocycles. The second-order valence-corrected chi connectivity index (χ2v) is 5.19. The summed E-state index contributed by atoms with van der Waals surface area (Å²) in [6.45, 7) is 0. The van der Waals surface area contributed by atoms with Crippen LogP contribution in [0.2, 0.25) is 0 Å². The van der Waals surface area contributed by atoms with E-state index >= 15 is 0 Å². The minimum Gasteiger partial charge on any atom is -0.297 e. The van der Waals surface area contributed by atoms with Gasteiger partial charge in [0.25, 0.3) is 9.05 Å². The summed E-state index contributed by atoms with van der Waals surface area (Å²) in [5.74, 6) is 0. The maximum atomic E-state index is 10.7. The van der Waals surface area contributed by atoms with Crippen molar-refractivity contribution in [2.24, 2.45) is 0 Å². The lowest BCUT2D eigenvalue weighted by Gasteiger charge is -1.88. The molecule has 0 N–H and O–H groups in total. The Bertz CT molecular complexity index is 365. The third-order valence-corrected chi connectivity index (χ3v) is 3.38. The molecule has 1 aromatic rings. The molecule has 0 unspecified atom stereocenters. The highest BCUT2D eigenvalue weighted by Gasteiger charge is 2.15. The lowest BCUT2D eigenvalue weighted by molar-refractivity contribution is 0.112. The zero-order valence-electron chi connectivity index (χ0n) is 5.15. The summed E-state index contributed by atoms with van der Waals surface area (Å²) in [6.07, 6.45) is 0.472. The third kappa shape index (κ3) is 1.79. The molecule has 1 rings (SSSR count). The second-order valence-electron chi connectivity index (χ2n) is 1.70. The predicted octanol–water partition coefficient (Wildman–Crippen LogP) is 1.49. The minimum absolute atomic E-state index is 0.112. The SMILES string of the molecule is O=Cc1sccc1S(=O)(=O)Cl. The fourth-order valence-corrected chi connectivity index (χ4v) is 2.81. The van der Waals surface area contributed by atoms with Crippen LogP contribution in [0.5, 0.6) is 0 Å². The summed E-state index contributed by atoms with van der Waals surface area (Å²) in [5, 5.41) is 1.50. The highest BCUT2D eigenvalue weighted by Crippen LogP contribution is 2.22. The topological polar surface area (TPSA) is 51.2 Å². The summed E-state index contributed by atoms with van der Waals surface area (Å²) >= 11 is 1.04. The van der Waals surface area contributed by atoms with Gasteiger partial charge < -0.3 is 0 Å². The van der Waals surface area contributed by atoms with E-state index in [4.69, 9.17) is 10.7 Å². The highest BCUT2D eigenvalue weighted by molar-refractivity contribution is 8.13. The maximum absolute atomic E-state index is 10.7. The molecule has 0 spiro atoms. The first-order valence-electron chi connectivity index (χ1n) is 2.53. The first-order chi connectivity index (χ1) is 5.05. The smallest absolute Gasteiger partial charge is 0.262 e. The molecule has 0 bridgehead atoms. The molecular weight excluding hydrogens is 208 g/mol. The Labute approximate surface area is 72.0 Å². The van der Waals surface area contributed by atoms with Crippen LogP contribution in [0.1, 0.15) is 9.67 Å². The zero-order chi connectivity index (χ0) is 8.48. The van der Waals surface area contributed by atoms with Crippen molar-refractivity contribution >= 4 is 37.4 Å². The molecule has 0 aliphatic heterocycles. The molecule has 0 fully saturated rings. The number of hydrogen-bond acceptors (Lipinski definition) is 4. The van der Waals surface area contributed by atoms with Crippen molar-refractivity contribution in [3.05, 3.63) is 16.3 Å². The molecular formula is C5H3ClO3S2. The Kier molecular flexibility index (Phi) is 2.31. The lowest BCUT2D eigenvalue weighted by atomic mass is 10.5. The van der Waals surface area contributed by atoms with Crippen molar-refractivity contribution in [3.63, 3.8) is 0 Å². The number of hydrogen-bond donors (Lipinski definition) is 0. The highest BCUT2D eigenvalue weighted by atomic mass is 35.7. The summed E-state index contributed by atoms with van der Waals surface area (Å²) < 4.78 is 21.4. The number of carbonyl (C=O) groups excluding carboxylic acids is 1. The van der Waals surface area contributed by atoms with Crippen LogP contribution in [0, 0.1) is 0 Å². The van der Waals surface area contributed by atoms with Crippen LogP contribution in [0.3, 0.4) is 0 Å². The van der Waals surface area contributed by atoms with E-state index < -0.39 is 9.05 Å². The zero-order valence-corrected chi connectivity index (χ0v) is 7.54. The minimum atomic E-state index is -3.75. The van der Waals surface area contributed by atoms with Crippen molar-refractivity contribution < 1.29 is 13.2 Å². The Hall–Kier alpha value is -0.390. The molecule has 3 nitrogen and oxygen atoms in total. The Balaban J connectivity index is 3.35. The van der Waals surface area contributed by atoms with Gasteiger partial charge in [0.05, 0.1) is 4.88 Å². The van der Waals surface area contributed by atoms with Gasteiger partial charge in [-0.3, -0.25) is 4.79 Å². The molecule has 1 heterocycles. The van der Waals surface area contributed by atoms with Crippen LogP contribution in [0.4, 0.5) is 0 Å². The van der Waals surface area contributed by atoms with Gasteiger partial charge >= 0.3 is 0 Å². The number of rotatable bonds is 2. The normalized spacial score (nSPS) is 11.4. The van der Waals surface area contributed by atoms with Gasteiger partial charge in [-0.25, -0.2) is 8.42 Å². The molecule has 0 aliphatic rings. The fraction of sp³-hybridized carbons (Fsp3) is 0. The van der Waals surface area contributed by atoms with E-state index in [9.17, 15) is 13.2 Å². The van der Waals surface area contributed by atoms with Crippen LogP contribution in [0.15, 0.2) is 16.3 Å². The largest absolute Gasteiger partial charge is 0.297 e. The molecule has 11 heavy (non-hydrogen) atoms. The number of halogens is 1. The van der Waals surface area contributed by atoms with E-state index in [1.54, 1.807) is 0 Å². The van der Waals surface area contributed by atoms with Gasteiger partial charge in [-0.05, 0) is 11.4 Å². The first-order valence-corrected chi connectivity index (χ1v) is 5.72. The average Bonchev–Trinajstić information content (AvgIpc) is 2.31. The van der Waals surface area contributed by atoms with Crippen molar-refractivity contribution in [2.75, 3.05) is 0 Å². The maximum Gasteiger partial charge on any atom is 0.262 e. The average molecular weight is 211 g/mol. The van der Waals surface area contributed by atoms with Gasteiger partial charge in [0.1, 0.15) is 4.90 Å². The molecule has 0 saturated carbocycles. The van der Waals surface area contributed by atoms with Crippen molar-refractivity contribution in [2.45, 2.75) is 4.90 Å². The number of aldehydes is 1. The second kappa shape index (κ2) is 2.92. The van der Waals surface area contributed by atoms with Crippen molar-refractivity contribution in [1.29, 1.82) is 0 Å². The standard InChI is InChI=1S/C5H3ClO3S2/c6-11(8,9)5-1-2-10-4(5)3-7/h1-3H. The molecule has 1 aromatic heterocycles. The van der Waals surface area contributed by atoms with Crippen LogP contribution in [-0.2, 0) is 9.05 Å². The van der Waals surface area contributed by atoms with Crippen molar-refractivity contribution in [1.82, 2.24) is 0 Å². The molecule has 0 saturated heterocycles. The molecule has 0 atom stereocenters. The van der Waals surface area contributed by atoms with Crippen LogP contribution < -0.4 is 0 Å². The van der Waals surface area contributed by atoms with E-state index in [2.05, 4.69) is 0 Å². The van der Waals surface area contributed by atoms with Crippen LogP contribution >= 0.6 is 22.0 Å². The van der Waals surface area contributed by atoms with Crippen LogP contribution in [-0.4, -0.2) is 14.7 Å². The van der Waals surface area contributed by atoms with E-state index in [0.717, 1.165) is 11.3 Å². The summed E-state index contributed by atoms with van der Waals surface area (Å²) in [6, 6.07) is 1.30. The number of carbonyl (C=O) groups is 1. The Morgan fingerprint density at radius 3 is 2.55 bits per heavy atom. The van der Waals surface area contributed by atoms with E-state index in [-0.39, 0.29) is 9.77 Å². The quantitative estimate of drug-likeness (QED) is 0.549. The molecule has 60 valence electrons. The summed E-state index contributed by atoms with van der Waals surface area (Å²) in [7, 11) is 1.25. The fourth-order valence-electron chi connectivity index (χ4n) is 0.597.